The van der Waals surface area contributed by atoms with Gasteiger partial charge in [-0.3, -0.25) is 4.90 Å². The quantitative estimate of drug-likeness (QED) is 0.804. The molecule has 1 aliphatic heterocycles. The number of piperidine rings is 1. The van der Waals surface area contributed by atoms with Crippen molar-refractivity contribution in [1.29, 1.82) is 0 Å². The molecule has 0 aromatic carbocycles. The summed E-state index contributed by atoms with van der Waals surface area (Å²) in [6.07, 6.45) is 1.72. The van der Waals surface area contributed by atoms with Gasteiger partial charge in [-0.2, -0.15) is 0 Å². The molecule has 3 heterocycles. The Morgan fingerprint density at radius 1 is 1.27 bits per heavy atom. The lowest BCUT2D eigenvalue weighted by atomic mass is 10.1. The molecular weight excluding hydrogens is 404 g/mol. The summed E-state index contributed by atoms with van der Waals surface area (Å²) in [6, 6.07) is 7.67. The molecular formula is C14H17BrN2O2S3. The summed E-state index contributed by atoms with van der Waals surface area (Å²) in [5, 5.41) is 1.79. The molecule has 8 heteroatoms. The Morgan fingerprint density at radius 3 is 2.64 bits per heavy atom. The van der Waals surface area contributed by atoms with Gasteiger partial charge in [0.1, 0.15) is 4.21 Å². The number of nitrogens with zero attached hydrogens (tertiary/aromatic N) is 1. The Balaban J connectivity index is 1.51. The van der Waals surface area contributed by atoms with E-state index in [9.17, 15) is 8.42 Å². The highest BCUT2D eigenvalue weighted by Crippen LogP contribution is 2.25. The lowest BCUT2D eigenvalue weighted by Crippen LogP contribution is -2.44. The first-order valence-corrected chi connectivity index (χ1v) is 11.0. The van der Waals surface area contributed by atoms with Crippen LogP contribution in [0.2, 0.25) is 0 Å². The highest BCUT2D eigenvalue weighted by Gasteiger charge is 2.25. The standard InChI is InChI=1S/C14H17BrN2O2S3/c15-13-4-3-12(21-13)10-17-7-5-11(6-8-17)16-22(18,19)14-2-1-9-20-14/h1-4,9,11,16H,5-8,10H2. The largest absolute Gasteiger partial charge is 0.298 e. The molecule has 0 aliphatic carbocycles. The monoisotopic (exact) mass is 420 g/mol. The first kappa shape index (κ1) is 16.6. The Bertz CT molecular complexity index is 704. The number of halogens is 1. The number of hydrogen-bond acceptors (Lipinski definition) is 5. The number of likely N-dealkylation sites (tertiary alicyclic amines) is 1. The van der Waals surface area contributed by atoms with Crippen molar-refractivity contribution in [3.05, 3.63) is 38.3 Å². The zero-order chi connectivity index (χ0) is 15.6. The van der Waals surface area contributed by atoms with Gasteiger partial charge in [0.15, 0.2) is 0 Å². The molecule has 1 N–H and O–H groups in total. The van der Waals surface area contributed by atoms with Crippen molar-refractivity contribution in [2.24, 2.45) is 0 Å². The van der Waals surface area contributed by atoms with Crippen LogP contribution in [-0.4, -0.2) is 32.4 Å². The van der Waals surface area contributed by atoms with E-state index in [4.69, 9.17) is 0 Å². The Kier molecular flexibility index (Phi) is 5.36. The minimum absolute atomic E-state index is 0.0402. The molecule has 0 atom stereocenters. The van der Waals surface area contributed by atoms with Crippen LogP contribution < -0.4 is 4.72 Å². The van der Waals surface area contributed by atoms with Crippen molar-refractivity contribution in [2.75, 3.05) is 13.1 Å². The fourth-order valence-corrected chi connectivity index (χ4v) is 6.40. The highest BCUT2D eigenvalue weighted by atomic mass is 79.9. The average molecular weight is 421 g/mol. The van der Waals surface area contributed by atoms with Crippen molar-refractivity contribution in [1.82, 2.24) is 9.62 Å². The second-order valence-corrected chi connectivity index (χ2v) is 10.7. The van der Waals surface area contributed by atoms with Crippen molar-refractivity contribution in [3.8, 4) is 0 Å². The number of nitrogens with one attached hydrogen (secondary N) is 1. The topological polar surface area (TPSA) is 49.4 Å². The van der Waals surface area contributed by atoms with Gasteiger partial charge in [0.25, 0.3) is 0 Å². The average Bonchev–Trinajstić information content (AvgIpc) is 3.13. The SMILES string of the molecule is O=S(=O)(NC1CCN(Cc2ccc(Br)s2)CC1)c1cccs1. The third-order valence-electron chi connectivity index (χ3n) is 3.68. The lowest BCUT2D eigenvalue weighted by molar-refractivity contribution is 0.201. The number of rotatable bonds is 5. The maximum Gasteiger partial charge on any atom is 0.250 e. The molecule has 0 saturated carbocycles. The van der Waals surface area contributed by atoms with E-state index in [0.717, 1.165) is 36.3 Å². The van der Waals surface area contributed by atoms with Crippen LogP contribution in [0.5, 0.6) is 0 Å². The van der Waals surface area contributed by atoms with E-state index in [-0.39, 0.29) is 6.04 Å². The molecule has 1 aliphatic rings. The second kappa shape index (κ2) is 7.11. The van der Waals surface area contributed by atoms with E-state index in [2.05, 4.69) is 37.7 Å². The van der Waals surface area contributed by atoms with Crippen molar-refractivity contribution >= 4 is 48.6 Å². The minimum Gasteiger partial charge on any atom is -0.298 e. The number of thiophene rings is 2. The van der Waals surface area contributed by atoms with E-state index < -0.39 is 10.0 Å². The van der Waals surface area contributed by atoms with Crippen LogP contribution >= 0.6 is 38.6 Å². The van der Waals surface area contributed by atoms with Gasteiger partial charge in [0, 0.05) is 30.6 Å². The number of hydrogen-bond donors (Lipinski definition) is 1. The smallest absolute Gasteiger partial charge is 0.250 e. The summed E-state index contributed by atoms with van der Waals surface area (Å²) in [5.74, 6) is 0. The molecule has 3 rings (SSSR count). The van der Waals surface area contributed by atoms with Crippen LogP contribution in [0.25, 0.3) is 0 Å². The molecule has 1 saturated heterocycles. The Morgan fingerprint density at radius 2 is 2.05 bits per heavy atom. The molecule has 2 aromatic rings. The van der Waals surface area contributed by atoms with Gasteiger partial charge in [0.05, 0.1) is 3.79 Å². The van der Waals surface area contributed by atoms with Crippen LogP contribution in [0, 0.1) is 0 Å². The molecule has 1 fully saturated rings. The fourth-order valence-electron chi connectivity index (χ4n) is 2.56. The van der Waals surface area contributed by atoms with Gasteiger partial charge in [0.2, 0.25) is 10.0 Å². The summed E-state index contributed by atoms with van der Waals surface area (Å²) < 4.78 is 28.8. The van der Waals surface area contributed by atoms with Gasteiger partial charge in [-0.05, 0) is 52.4 Å². The van der Waals surface area contributed by atoms with Gasteiger partial charge in [-0.15, -0.1) is 22.7 Å². The second-order valence-electron chi connectivity index (χ2n) is 5.31. The summed E-state index contributed by atoms with van der Waals surface area (Å²) in [7, 11) is -3.34. The van der Waals surface area contributed by atoms with Crippen LogP contribution in [0.3, 0.4) is 0 Å². The molecule has 2 aromatic heterocycles. The zero-order valence-electron chi connectivity index (χ0n) is 11.9. The van der Waals surface area contributed by atoms with Crippen LogP contribution in [0.15, 0.2) is 37.6 Å². The predicted octanol–water partition coefficient (Wildman–Crippen LogP) is 3.52. The summed E-state index contributed by atoms with van der Waals surface area (Å²) in [6.45, 7) is 2.79. The van der Waals surface area contributed by atoms with Gasteiger partial charge >= 0.3 is 0 Å². The molecule has 4 nitrogen and oxygen atoms in total. The molecule has 120 valence electrons. The third-order valence-corrected chi connectivity index (χ3v) is 8.20. The van der Waals surface area contributed by atoms with Crippen molar-refractivity contribution in [2.45, 2.75) is 29.6 Å². The molecule has 0 amide bonds. The van der Waals surface area contributed by atoms with Gasteiger partial charge in [-0.25, -0.2) is 13.1 Å². The predicted molar refractivity (Wildman–Crippen MR) is 95.0 cm³/mol. The van der Waals surface area contributed by atoms with E-state index in [1.807, 2.05) is 0 Å². The van der Waals surface area contributed by atoms with Gasteiger partial charge < -0.3 is 0 Å². The normalized spacial score (nSPS) is 17.9. The molecule has 22 heavy (non-hydrogen) atoms. The Hall–Kier alpha value is -0.250. The van der Waals surface area contributed by atoms with Crippen molar-refractivity contribution in [3.63, 3.8) is 0 Å². The van der Waals surface area contributed by atoms with Crippen LogP contribution in [0.4, 0.5) is 0 Å². The maximum atomic E-state index is 12.2. The first-order chi connectivity index (χ1) is 10.5. The van der Waals surface area contributed by atoms with Crippen LogP contribution in [-0.2, 0) is 16.6 Å². The molecule has 0 bridgehead atoms. The van der Waals surface area contributed by atoms with E-state index in [0.29, 0.717) is 4.21 Å². The lowest BCUT2D eigenvalue weighted by Gasteiger charge is -2.31. The van der Waals surface area contributed by atoms with Crippen molar-refractivity contribution < 1.29 is 8.42 Å². The van der Waals surface area contributed by atoms with Crippen LogP contribution in [0.1, 0.15) is 17.7 Å². The molecule has 0 spiro atoms. The van der Waals surface area contributed by atoms with E-state index in [1.165, 1.54) is 16.2 Å². The molecule has 0 radical (unpaired) electrons. The molecule has 0 unspecified atom stereocenters. The Labute approximate surface area is 147 Å². The number of sulfonamides is 1. The summed E-state index contributed by atoms with van der Waals surface area (Å²) in [4.78, 5) is 3.72. The first-order valence-electron chi connectivity index (χ1n) is 7.05. The minimum atomic E-state index is -3.34. The van der Waals surface area contributed by atoms with E-state index in [1.54, 1.807) is 28.8 Å². The summed E-state index contributed by atoms with van der Waals surface area (Å²) in [5.41, 5.74) is 0. The third kappa shape index (κ3) is 4.18. The fraction of sp³-hybridized carbons (Fsp3) is 0.429. The summed E-state index contributed by atoms with van der Waals surface area (Å²) >= 11 is 6.50. The van der Waals surface area contributed by atoms with Gasteiger partial charge in [-0.1, -0.05) is 6.07 Å². The maximum absolute atomic E-state index is 12.2. The zero-order valence-corrected chi connectivity index (χ0v) is 15.9. The van der Waals surface area contributed by atoms with E-state index >= 15 is 0 Å². The highest BCUT2D eigenvalue weighted by molar-refractivity contribution is 9.11.